The second kappa shape index (κ2) is 9.74. The highest BCUT2D eigenvalue weighted by molar-refractivity contribution is 7.89. The van der Waals surface area contributed by atoms with Crippen molar-refractivity contribution >= 4 is 50.7 Å². The van der Waals surface area contributed by atoms with Crippen LogP contribution in [-0.4, -0.2) is 56.6 Å². The van der Waals surface area contributed by atoms with E-state index in [-0.39, 0.29) is 34.4 Å². The number of para-hydroxylation sites is 1. The molecule has 2 amide bonds. The van der Waals surface area contributed by atoms with E-state index in [1.807, 2.05) is 0 Å². The second-order valence-corrected chi connectivity index (χ2v) is 9.33. The fourth-order valence-corrected chi connectivity index (χ4v) is 3.99. The van der Waals surface area contributed by atoms with Crippen LogP contribution in [0.2, 0.25) is 10.0 Å². The third-order valence-electron chi connectivity index (χ3n) is 4.17. The molecule has 0 spiro atoms. The molecule has 0 unspecified atom stereocenters. The van der Waals surface area contributed by atoms with Gasteiger partial charge in [-0.15, -0.1) is 0 Å². The molecule has 1 N–H and O–H groups in total. The molecule has 0 saturated heterocycles. The topological polar surface area (TPSA) is 86.8 Å². The van der Waals surface area contributed by atoms with Gasteiger partial charge >= 0.3 is 0 Å². The molecule has 0 atom stereocenters. The number of nitrogens with zero attached hydrogens (tertiary/aromatic N) is 2. The highest BCUT2D eigenvalue weighted by atomic mass is 35.5. The summed E-state index contributed by atoms with van der Waals surface area (Å²) in [6.45, 7) is 1.45. The van der Waals surface area contributed by atoms with Crippen LogP contribution in [0.5, 0.6) is 0 Å². The van der Waals surface area contributed by atoms with Crippen molar-refractivity contribution < 1.29 is 22.4 Å². The van der Waals surface area contributed by atoms with Crippen LogP contribution in [0.4, 0.5) is 10.1 Å². The Bertz CT molecular complexity index is 1060. The van der Waals surface area contributed by atoms with Crippen molar-refractivity contribution in [1.82, 2.24) is 9.21 Å². The van der Waals surface area contributed by atoms with Crippen LogP contribution >= 0.6 is 23.2 Å². The van der Waals surface area contributed by atoms with E-state index < -0.39 is 32.6 Å². The minimum absolute atomic E-state index is 0.0674. The second-order valence-electron chi connectivity index (χ2n) is 6.40. The smallest absolute Gasteiger partial charge is 0.254 e. The fraction of sp³-hybridized carbons (Fsp3) is 0.263. The zero-order valence-corrected chi connectivity index (χ0v) is 18.8. The first kappa shape index (κ1) is 24.1. The summed E-state index contributed by atoms with van der Waals surface area (Å²) in [4.78, 5) is 25.8. The summed E-state index contributed by atoms with van der Waals surface area (Å²) in [6.07, 6.45) is 0. The average Bonchev–Trinajstić information content (AvgIpc) is 2.68. The number of nitrogens with one attached hydrogen (secondary N) is 1. The van der Waals surface area contributed by atoms with E-state index in [1.165, 1.54) is 19.0 Å². The minimum Gasteiger partial charge on any atom is -0.330 e. The number of likely N-dealkylation sites (N-methyl/N-ethyl adjacent to an activating group) is 1. The first-order chi connectivity index (χ1) is 14.0. The molecular formula is C19H20Cl2FN3O4S. The van der Waals surface area contributed by atoms with E-state index in [9.17, 15) is 22.4 Å². The van der Waals surface area contributed by atoms with Crippen molar-refractivity contribution in [1.29, 1.82) is 0 Å². The molecule has 7 nitrogen and oxygen atoms in total. The maximum Gasteiger partial charge on any atom is 0.254 e. The number of halogens is 3. The Kier molecular flexibility index (Phi) is 7.81. The lowest BCUT2D eigenvalue weighted by Gasteiger charge is -2.21. The molecule has 0 aliphatic heterocycles. The van der Waals surface area contributed by atoms with E-state index in [0.29, 0.717) is 0 Å². The molecule has 0 radical (unpaired) electrons. The number of hydrogen-bond acceptors (Lipinski definition) is 4. The number of carbonyl (C=O) groups excluding carboxylic acids is 2. The number of rotatable bonds is 7. The monoisotopic (exact) mass is 475 g/mol. The standard InChI is InChI=1S/C19H20Cl2FN3O4S/c1-4-25(11-17(26)23-18-13(20)6-5-7-14(18)21)19(27)12-8-9-15(22)16(10-12)30(28,29)24(2)3/h5-10H,4,11H2,1-3H3,(H,23,26). The van der Waals surface area contributed by atoms with E-state index in [0.717, 1.165) is 22.5 Å². The predicted molar refractivity (Wildman–Crippen MR) is 114 cm³/mol. The number of anilines is 1. The summed E-state index contributed by atoms with van der Waals surface area (Å²) in [7, 11) is -1.58. The molecule has 2 rings (SSSR count). The Hall–Kier alpha value is -2.20. The van der Waals surface area contributed by atoms with Gasteiger partial charge in [-0.05, 0) is 37.3 Å². The predicted octanol–water partition coefficient (Wildman–Crippen LogP) is 3.48. The zero-order valence-electron chi connectivity index (χ0n) is 16.4. The molecule has 30 heavy (non-hydrogen) atoms. The average molecular weight is 476 g/mol. The first-order valence-corrected chi connectivity index (χ1v) is 10.9. The maximum absolute atomic E-state index is 14.1. The van der Waals surface area contributed by atoms with Crippen LogP contribution in [0.1, 0.15) is 17.3 Å². The van der Waals surface area contributed by atoms with Crippen molar-refractivity contribution in [2.24, 2.45) is 0 Å². The highest BCUT2D eigenvalue weighted by Crippen LogP contribution is 2.29. The molecule has 0 saturated carbocycles. The molecule has 0 aliphatic carbocycles. The first-order valence-electron chi connectivity index (χ1n) is 8.74. The highest BCUT2D eigenvalue weighted by Gasteiger charge is 2.25. The normalized spacial score (nSPS) is 11.4. The molecule has 0 aromatic heterocycles. The van der Waals surface area contributed by atoms with Crippen LogP contribution in [0.15, 0.2) is 41.3 Å². The van der Waals surface area contributed by atoms with Crippen LogP contribution in [0.25, 0.3) is 0 Å². The summed E-state index contributed by atoms with van der Waals surface area (Å²) in [5, 5.41) is 3.03. The van der Waals surface area contributed by atoms with Gasteiger partial charge in [0, 0.05) is 26.2 Å². The Morgan fingerprint density at radius 3 is 2.23 bits per heavy atom. The van der Waals surface area contributed by atoms with Gasteiger partial charge in [0.05, 0.1) is 15.7 Å². The lowest BCUT2D eigenvalue weighted by Crippen LogP contribution is -2.38. The number of hydrogen-bond donors (Lipinski definition) is 1. The van der Waals surface area contributed by atoms with E-state index in [1.54, 1.807) is 25.1 Å². The molecule has 0 fully saturated rings. The van der Waals surface area contributed by atoms with E-state index >= 15 is 0 Å². The van der Waals surface area contributed by atoms with Gasteiger partial charge in [-0.2, -0.15) is 0 Å². The Balaban J connectivity index is 2.25. The van der Waals surface area contributed by atoms with E-state index in [4.69, 9.17) is 23.2 Å². The zero-order chi connectivity index (χ0) is 22.6. The fourth-order valence-electron chi connectivity index (χ4n) is 2.51. The van der Waals surface area contributed by atoms with Gasteiger partial charge in [0.1, 0.15) is 17.3 Å². The van der Waals surface area contributed by atoms with Gasteiger partial charge in [0.25, 0.3) is 5.91 Å². The molecule has 0 bridgehead atoms. The van der Waals surface area contributed by atoms with Crippen molar-refractivity contribution in [2.75, 3.05) is 32.5 Å². The molecule has 2 aromatic rings. The van der Waals surface area contributed by atoms with Gasteiger partial charge in [-0.25, -0.2) is 17.1 Å². The molecule has 0 aliphatic rings. The van der Waals surface area contributed by atoms with Crippen LogP contribution in [-0.2, 0) is 14.8 Å². The SMILES string of the molecule is CCN(CC(=O)Nc1c(Cl)cccc1Cl)C(=O)c1ccc(F)c(S(=O)(=O)N(C)C)c1. The van der Waals surface area contributed by atoms with Crippen molar-refractivity contribution in [3.8, 4) is 0 Å². The molecule has 2 aromatic carbocycles. The van der Waals surface area contributed by atoms with Gasteiger partial charge in [-0.1, -0.05) is 29.3 Å². The van der Waals surface area contributed by atoms with Crippen LogP contribution in [0, 0.1) is 5.82 Å². The summed E-state index contributed by atoms with van der Waals surface area (Å²) < 4.78 is 39.5. The quantitative estimate of drug-likeness (QED) is 0.663. The molecular weight excluding hydrogens is 456 g/mol. The molecule has 0 heterocycles. The summed E-state index contributed by atoms with van der Waals surface area (Å²) in [5.74, 6) is -2.16. The Labute approximate surface area is 184 Å². The third kappa shape index (κ3) is 5.28. The third-order valence-corrected chi connectivity index (χ3v) is 6.63. The minimum atomic E-state index is -4.09. The van der Waals surface area contributed by atoms with Gasteiger partial charge in [0.2, 0.25) is 15.9 Å². The van der Waals surface area contributed by atoms with Crippen LogP contribution < -0.4 is 5.32 Å². The maximum atomic E-state index is 14.1. The van der Waals surface area contributed by atoms with Crippen molar-refractivity contribution in [2.45, 2.75) is 11.8 Å². The van der Waals surface area contributed by atoms with E-state index in [2.05, 4.69) is 5.32 Å². The van der Waals surface area contributed by atoms with Gasteiger partial charge < -0.3 is 10.2 Å². The number of amides is 2. The lowest BCUT2D eigenvalue weighted by molar-refractivity contribution is -0.116. The number of sulfonamides is 1. The van der Waals surface area contributed by atoms with Crippen LogP contribution in [0.3, 0.4) is 0 Å². The Morgan fingerprint density at radius 1 is 1.10 bits per heavy atom. The summed E-state index contributed by atoms with van der Waals surface area (Å²) in [5.41, 5.74) is 0.151. The molecule has 11 heteroatoms. The largest absolute Gasteiger partial charge is 0.330 e. The number of carbonyl (C=O) groups is 2. The summed E-state index contributed by atoms with van der Waals surface area (Å²) >= 11 is 12.1. The number of benzene rings is 2. The molecule has 162 valence electrons. The van der Waals surface area contributed by atoms with Crippen molar-refractivity contribution in [3.63, 3.8) is 0 Å². The van der Waals surface area contributed by atoms with Gasteiger partial charge in [-0.3, -0.25) is 9.59 Å². The lowest BCUT2D eigenvalue weighted by atomic mass is 10.2. The summed E-state index contributed by atoms with van der Waals surface area (Å²) in [6, 6.07) is 7.75. The Morgan fingerprint density at radius 2 is 1.70 bits per heavy atom. The van der Waals surface area contributed by atoms with Crippen molar-refractivity contribution in [3.05, 3.63) is 57.8 Å². The van der Waals surface area contributed by atoms with Gasteiger partial charge in [0.15, 0.2) is 0 Å².